The van der Waals surface area contributed by atoms with Crippen molar-refractivity contribution in [1.29, 1.82) is 0 Å². The van der Waals surface area contributed by atoms with E-state index >= 15 is 0 Å². The Morgan fingerprint density at radius 2 is 1.65 bits per heavy atom. The number of ether oxygens (including phenoxy) is 2. The van der Waals surface area contributed by atoms with Crippen LogP contribution in [-0.4, -0.2) is 31.4 Å². The molecule has 0 aromatic heterocycles. The molecular formula is C16H26O4. The molecule has 0 unspecified atom stereocenters. The molecule has 0 aliphatic rings. The van der Waals surface area contributed by atoms with E-state index in [1.165, 1.54) is 19.6 Å². The summed E-state index contributed by atoms with van der Waals surface area (Å²) in [7, 11) is 1.35. The van der Waals surface area contributed by atoms with Gasteiger partial charge in [0, 0.05) is 13.5 Å². The highest BCUT2D eigenvalue weighted by atomic mass is 16.5. The molecule has 1 N–H and O–H groups in total. The van der Waals surface area contributed by atoms with E-state index in [1.54, 1.807) is 0 Å². The molecule has 0 heterocycles. The fourth-order valence-electron chi connectivity index (χ4n) is 1.39. The maximum absolute atomic E-state index is 9.59. The molecule has 0 saturated heterocycles. The van der Waals surface area contributed by atoms with Crippen molar-refractivity contribution in [1.82, 2.24) is 0 Å². The number of aliphatic hydroxyl groups is 1. The minimum Gasteiger partial charge on any atom is -0.494 e. The SMILES string of the molecule is COC(C)=O.Cc1ccc(OCCCCCCO)cc1. The molecule has 114 valence electrons. The zero-order valence-corrected chi connectivity index (χ0v) is 12.7. The number of carbonyl (C=O) groups is 1. The Morgan fingerprint density at radius 3 is 2.15 bits per heavy atom. The molecule has 1 aromatic carbocycles. The molecular weight excluding hydrogens is 256 g/mol. The summed E-state index contributed by atoms with van der Waals surface area (Å²) in [6, 6.07) is 8.12. The van der Waals surface area contributed by atoms with Crippen molar-refractivity contribution in [2.45, 2.75) is 39.5 Å². The monoisotopic (exact) mass is 282 g/mol. The lowest BCUT2D eigenvalue weighted by Crippen LogP contribution is -1.97. The van der Waals surface area contributed by atoms with Crippen LogP contribution in [0.2, 0.25) is 0 Å². The van der Waals surface area contributed by atoms with Gasteiger partial charge in [-0.05, 0) is 38.3 Å². The highest BCUT2D eigenvalue weighted by Gasteiger charge is 1.93. The number of hydrogen-bond donors (Lipinski definition) is 1. The van der Waals surface area contributed by atoms with Crippen molar-refractivity contribution in [3.05, 3.63) is 29.8 Å². The topological polar surface area (TPSA) is 55.8 Å². The smallest absolute Gasteiger partial charge is 0.302 e. The van der Waals surface area contributed by atoms with Crippen molar-refractivity contribution >= 4 is 5.97 Å². The fourth-order valence-corrected chi connectivity index (χ4v) is 1.39. The van der Waals surface area contributed by atoms with Crippen LogP contribution in [-0.2, 0) is 9.53 Å². The van der Waals surface area contributed by atoms with Crippen LogP contribution in [0, 0.1) is 6.92 Å². The first-order chi connectivity index (χ1) is 9.60. The van der Waals surface area contributed by atoms with E-state index in [9.17, 15) is 4.79 Å². The summed E-state index contributed by atoms with van der Waals surface area (Å²) in [5, 5.41) is 8.60. The lowest BCUT2D eigenvalue weighted by atomic mass is 10.2. The first-order valence-corrected chi connectivity index (χ1v) is 6.95. The number of unbranched alkanes of at least 4 members (excludes halogenated alkanes) is 3. The average molecular weight is 282 g/mol. The van der Waals surface area contributed by atoms with Crippen molar-refractivity contribution in [3.8, 4) is 5.75 Å². The van der Waals surface area contributed by atoms with Gasteiger partial charge in [0.15, 0.2) is 0 Å². The molecule has 0 aliphatic carbocycles. The van der Waals surface area contributed by atoms with Crippen LogP contribution >= 0.6 is 0 Å². The molecule has 20 heavy (non-hydrogen) atoms. The minimum absolute atomic E-state index is 0.245. The Hall–Kier alpha value is -1.55. The van der Waals surface area contributed by atoms with E-state index in [1.807, 2.05) is 12.1 Å². The zero-order chi connectivity index (χ0) is 15.2. The van der Waals surface area contributed by atoms with E-state index in [4.69, 9.17) is 9.84 Å². The predicted molar refractivity (Wildman–Crippen MR) is 79.9 cm³/mol. The second kappa shape index (κ2) is 12.5. The molecule has 0 bridgehead atoms. The summed E-state index contributed by atoms with van der Waals surface area (Å²) in [4.78, 5) is 9.59. The second-order valence-electron chi connectivity index (χ2n) is 4.50. The van der Waals surface area contributed by atoms with Gasteiger partial charge >= 0.3 is 5.97 Å². The summed E-state index contributed by atoms with van der Waals surface area (Å²) in [5.74, 6) is 0.702. The van der Waals surface area contributed by atoms with Gasteiger partial charge in [-0.2, -0.15) is 0 Å². The molecule has 0 spiro atoms. The molecule has 0 saturated carbocycles. The summed E-state index contributed by atoms with van der Waals surface area (Å²) < 4.78 is 9.69. The van der Waals surface area contributed by atoms with Gasteiger partial charge in [-0.15, -0.1) is 0 Å². The number of methoxy groups -OCH3 is 1. The lowest BCUT2D eigenvalue weighted by Gasteiger charge is -2.05. The van der Waals surface area contributed by atoms with Gasteiger partial charge in [-0.1, -0.05) is 24.1 Å². The second-order valence-corrected chi connectivity index (χ2v) is 4.50. The van der Waals surface area contributed by atoms with Crippen molar-refractivity contribution in [2.24, 2.45) is 0 Å². The lowest BCUT2D eigenvalue weighted by molar-refractivity contribution is -0.137. The Bertz CT molecular complexity index is 346. The van der Waals surface area contributed by atoms with Crippen LogP contribution < -0.4 is 4.74 Å². The molecule has 1 aromatic rings. The summed E-state index contributed by atoms with van der Waals surface area (Å²) in [6.07, 6.45) is 4.19. The summed E-state index contributed by atoms with van der Waals surface area (Å²) >= 11 is 0. The summed E-state index contributed by atoms with van der Waals surface area (Å²) in [6.45, 7) is 4.51. The Kier molecular flexibility index (Phi) is 11.5. The molecule has 0 aliphatic heterocycles. The molecule has 4 nitrogen and oxygen atoms in total. The van der Waals surface area contributed by atoms with Crippen LogP contribution in [0.3, 0.4) is 0 Å². The third kappa shape index (κ3) is 11.5. The van der Waals surface area contributed by atoms with Crippen LogP contribution in [0.15, 0.2) is 24.3 Å². The van der Waals surface area contributed by atoms with Crippen LogP contribution in [0.5, 0.6) is 5.75 Å². The third-order valence-electron chi connectivity index (χ3n) is 2.63. The van der Waals surface area contributed by atoms with Crippen LogP contribution in [0.25, 0.3) is 0 Å². The van der Waals surface area contributed by atoms with Gasteiger partial charge in [-0.25, -0.2) is 0 Å². The number of esters is 1. The largest absolute Gasteiger partial charge is 0.494 e. The van der Waals surface area contributed by atoms with Crippen molar-refractivity contribution in [3.63, 3.8) is 0 Å². The number of aliphatic hydroxyl groups excluding tert-OH is 1. The number of carbonyl (C=O) groups excluding carboxylic acids is 1. The molecule has 0 atom stereocenters. The fraction of sp³-hybridized carbons (Fsp3) is 0.562. The highest BCUT2D eigenvalue weighted by molar-refractivity contribution is 5.65. The average Bonchev–Trinajstić information content (AvgIpc) is 2.45. The standard InChI is InChI=1S/C13H20O2.C3H6O2/c1-12-6-8-13(9-7-12)15-11-5-3-2-4-10-14;1-3(4)5-2/h6-9,14H,2-5,10-11H2,1H3;1-2H3. The third-order valence-corrected chi connectivity index (χ3v) is 2.63. The Labute approximate surface area is 121 Å². The van der Waals surface area contributed by atoms with Gasteiger partial charge in [0.05, 0.1) is 13.7 Å². The quantitative estimate of drug-likeness (QED) is 0.616. The number of hydrogen-bond acceptors (Lipinski definition) is 4. The highest BCUT2D eigenvalue weighted by Crippen LogP contribution is 2.12. The molecule has 0 radical (unpaired) electrons. The summed E-state index contributed by atoms with van der Waals surface area (Å²) in [5.41, 5.74) is 1.25. The first kappa shape index (κ1) is 18.4. The van der Waals surface area contributed by atoms with Gasteiger partial charge in [-0.3, -0.25) is 4.79 Å². The van der Waals surface area contributed by atoms with Gasteiger partial charge in [0.1, 0.15) is 5.75 Å². The van der Waals surface area contributed by atoms with Gasteiger partial charge in [0.25, 0.3) is 0 Å². The maximum atomic E-state index is 9.59. The number of benzene rings is 1. The van der Waals surface area contributed by atoms with Gasteiger partial charge < -0.3 is 14.6 Å². The number of aryl methyl sites for hydroxylation is 1. The molecule has 4 heteroatoms. The van der Waals surface area contributed by atoms with E-state index in [0.717, 1.165) is 38.0 Å². The molecule has 1 rings (SSSR count). The van der Waals surface area contributed by atoms with E-state index in [-0.39, 0.29) is 5.97 Å². The van der Waals surface area contributed by atoms with E-state index in [2.05, 4.69) is 23.8 Å². The Morgan fingerprint density at radius 1 is 1.10 bits per heavy atom. The normalized spacial score (nSPS) is 9.40. The van der Waals surface area contributed by atoms with Crippen molar-refractivity contribution in [2.75, 3.05) is 20.3 Å². The maximum Gasteiger partial charge on any atom is 0.302 e. The minimum atomic E-state index is -0.245. The predicted octanol–water partition coefficient (Wildman–Crippen LogP) is 3.11. The zero-order valence-electron chi connectivity index (χ0n) is 12.7. The van der Waals surface area contributed by atoms with Crippen LogP contribution in [0.4, 0.5) is 0 Å². The van der Waals surface area contributed by atoms with Crippen molar-refractivity contribution < 1.29 is 19.4 Å². The van der Waals surface area contributed by atoms with E-state index in [0.29, 0.717) is 6.61 Å². The molecule has 0 amide bonds. The van der Waals surface area contributed by atoms with E-state index < -0.39 is 0 Å². The number of rotatable bonds is 7. The Balaban J connectivity index is 0.000000621. The molecule has 0 fully saturated rings. The van der Waals surface area contributed by atoms with Gasteiger partial charge in [0.2, 0.25) is 0 Å². The van der Waals surface area contributed by atoms with Crippen LogP contribution in [0.1, 0.15) is 38.2 Å². The first-order valence-electron chi connectivity index (χ1n) is 6.95.